The summed E-state index contributed by atoms with van der Waals surface area (Å²) in [6.45, 7) is 15.1. The fourth-order valence-corrected chi connectivity index (χ4v) is 0. The Hall–Kier alpha value is 0.320. The maximum Gasteiger partial charge on any atom is 0.178 e. The molecule has 124 valence electrons. The maximum absolute atomic E-state index is 10.9. The quantitative estimate of drug-likeness (QED) is 0.620. The minimum absolute atomic E-state index is 0.354. The van der Waals surface area contributed by atoms with Crippen molar-refractivity contribution in [2.75, 3.05) is 40.0 Å². The SMILES string of the molecule is CC(C)P(C)(C)=O.CC(O)P(C)(C)=O.CP(C)(=O)C=O. The molecule has 0 aromatic carbocycles. The normalized spacial score (nSPS) is 13.6. The van der Waals surface area contributed by atoms with Gasteiger partial charge in [0.2, 0.25) is 0 Å². The Morgan fingerprint density at radius 3 is 0.950 bits per heavy atom. The zero-order chi connectivity index (χ0) is 17.4. The van der Waals surface area contributed by atoms with Crippen LogP contribution in [0.3, 0.4) is 0 Å². The van der Waals surface area contributed by atoms with Crippen molar-refractivity contribution in [3.8, 4) is 0 Å². The number of carbonyl (C=O) groups is 1. The minimum Gasteiger partial charge on any atom is -0.386 e. The largest absolute Gasteiger partial charge is 0.386 e. The molecule has 20 heavy (non-hydrogen) atoms. The summed E-state index contributed by atoms with van der Waals surface area (Å²) in [6, 6.07) is 0.493. The molecule has 0 aliphatic carbocycles. The van der Waals surface area contributed by atoms with Gasteiger partial charge >= 0.3 is 0 Å². The lowest BCUT2D eigenvalue weighted by Gasteiger charge is -2.08. The lowest BCUT2D eigenvalue weighted by atomic mass is 10.6. The van der Waals surface area contributed by atoms with Gasteiger partial charge < -0.3 is 18.8 Å². The van der Waals surface area contributed by atoms with Gasteiger partial charge in [0.05, 0.1) is 7.14 Å². The molecule has 0 aromatic heterocycles. The molecule has 0 rings (SSSR count). The topological polar surface area (TPSA) is 88.5 Å². The Bertz CT molecular complexity index is 371. The van der Waals surface area contributed by atoms with E-state index >= 15 is 0 Å². The van der Waals surface area contributed by atoms with E-state index in [-0.39, 0.29) is 0 Å². The van der Waals surface area contributed by atoms with E-state index in [2.05, 4.69) is 0 Å². The monoisotopic (exact) mass is 348 g/mol. The molecular formula is C12H31O5P3. The van der Waals surface area contributed by atoms with Crippen LogP contribution < -0.4 is 0 Å². The molecule has 1 N–H and O–H groups in total. The second-order valence-corrected chi connectivity index (χ2v) is 16.7. The molecule has 0 aromatic rings. The van der Waals surface area contributed by atoms with Crippen LogP contribution >= 0.6 is 21.4 Å². The summed E-state index contributed by atoms with van der Waals surface area (Å²) in [5, 5.41) is 8.63. The molecule has 1 atom stereocenters. The van der Waals surface area contributed by atoms with Crippen molar-refractivity contribution in [1.82, 2.24) is 0 Å². The van der Waals surface area contributed by atoms with Gasteiger partial charge in [0, 0.05) is 5.66 Å². The summed E-state index contributed by atoms with van der Waals surface area (Å²) in [5.41, 5.74) is 0.354. The average Bonchev–Trinajstić information content (AvgIpc) is 2.15. The van der Waals surface area contributed by atoms with E-state index in [1.54, 1.807) is 20.3 Å². The summed E-state index contributed by atoms with van der Waals surface area (Å²) >= 11 is 0. The first-order valence-electron chi connectivity index (χ1n) is 6.23. The fourth-order valence-electron chi connectivity index (χ4n) is 0. The van der Waals surface area contributed by atoms with Crippen LogP contribution in [-0.4, -0.2) is 62.6 Å². The number of aliphatic hydroxyl groups excluding tert-OH is 1. The third-order valence-corrected chi connectivity index (χ3v) is 7.19. The molecule has 1 unspecified atom stereocenters. The van der Waals surface area contributed by atoms with Crippen molar-refractivity contribution in [3.63, 3.8) is 0 Å². The van der Waals surface area contributed by atoms with Crippen LogP contribution in [-0.2, 0) is 18.5 Å². The highest BCUT2D eigenvalue weighted by Gasteiger charge is 2.12. The zero-order valence-electron chi connectivity index (χ0n) is 14.2. The number of hydrogen-bond acceptors (Lipinski definition) is 5. The molecule has 0 saturated heterocycles. The number of hydrogen-bond donors (Lipinski definition) is 1. The average molecular weight is 348 g/mol. The second kappa shape index (κ2) is 10.1. The van der Waals surface area contributed by atoms with Crippen molar-refractivity contribution in [1.29, 1.82) is 0 Å². The van der Waals surface area contributed by atoms with Crippen molar-refractivity contribution in [3.05, 3.63) is 0 Å². The minimum atomic E-state index is -2.33. The zero-order valence-corrected chi connectivity index (χ0v) is 16.8. The van der Waals surface area contributed by atoms with Crippen molar-refractivity contribution in [2.24, 2.45) is 0 Å². The molecule has 0 spiro atoms. The van der Waals surface area contributed by atoms with Gasteiger partial charge in [0.25, 0.3) is 0 Å². The highest BCUT2D eigenvalue weighted by atomic mass is 31.2. The van der Waals surface area contributed by atoms with Crippen LogP contribution in [0.5, 0.6) is 0 Å². The molecule has 0 radical (unpaired) electrons. The Labute approximate surface area is 124 Å². The van der Waals surface area contributed by atoms with Gasteiger partial charge in [0.1, 0.15) is 20.1 Å². The van der Waals surface area contributed by atoms with Gasteiger partial charge in [-0.3, -0.25) is 4.79 Å². The molecule has 0 bridgehead atoms. The predicted octanol–water partition coefficient (Wildman–Crippen LogP) is 3.76. The van der Waals surface area contributed by atoms with E-state index in [0.717, 1.165) is 0 Å². The highest BCUT2D eigenvalue weighted by molar-refractivity contribution is 7.76. The molecule has 0 fully saturated rings. The van der Waals surface area contributed by atoms with E-state index in [4.69, 9.17) is 5.11 Å². The van der Waals surface area contributed by atoms with Crippen molar-refractivity contribution in [2.45, 2.75) is 32.3 Å². The van der Waals surface area contributed by atoms with E-state index in [9.17, 15) is 18.5 Å². The van der Waals surface area contributed by atoms with E-state index in [1.807, 2.05) is 27.2 Å². The highest BCUT2D eigenvalue weighted by Crippen LogP contribution is 2.41. The number of carbonyl (C=O) groups excluding carboxylic acids is 1. The lowest BCUT2D eigenvalue weighted by Crippen LogP contribution is -1.97. The van der Waals surface area contributed by atoms with Crippen LogP contribution in [0.2, 0.25) is 0 Å². The van der Waals surface area contributed by atoms with Gasteiger partial charge in [-0.1, -0.05) is 13.8 Å². The van der Waals surface area contributed by atoms with E-state index < -0.39 is 27.3 Å². The third-order valence-electron chi connectivity index (χ3n) is 2.40. The Balaban J connectivity index is -0.000000218. The third kappa shape index (κ3) is 23.4. The summed E-state index contributed by atoms with van der Waals surface area (Å²) in [7, 11) is -6.25. The Morgan fingerprint density at radius 1 is 0.800 bits per heavy atom. The molecule has 5 nitrogen and oxygen atoms in total. The molecule has 0 heterocycles. The second-order valence-electron chi connectivity index (χ2n) is 6.13. The molecule has 0 saturated carbocycles. The summed E-state index contributed by atoms with van der Waals surface area (Å²) < 4.78 is 31.8. The molecule has 0 amide bonds. The predicted molar refractivity (Wildman–Crippen MR) is 91.9 cm³/mol. The molecule has 8 heteroatoms. The van der Waals surface area contributed by atoms with Crippen LogP contribution in [0.15, 0.2) is 0 Å². The van der Waals surface area contributed by atoms with Gasteiger partial charge in [-0.25, -0.2) is 0 Å². The fraction of sp³-hybridized carbons (Fsp3) is 0.917. The Morgan fingerprint density at radius 2 is 0.950 bits per heavy atom. The molecule has 0 aliphatic rings. The first-order chi connectivity index (χ1) is 8.45. The summed E-state index contributed by atoms with van der Waals surface area (Å²) in [6.07, 6.45) is 0. The molecular weight excluding hydrogens is 317 g/mol. The Kier molecular flexibility index (Phi) is 12.8. The van der Waals surface area contributed by atoms with Crippen LogP contribution in [0.1, 0.15) is 20.8 Å². The van der Waals surface area contributed by atoms with Crippen molar-refractivity contribution < 1.29 is 23.6 Å². The van der Waals surface area contributed by atoms with E-state index in [0.29, 0.717) is 11.7 Å². The maximum atomic E-state index is 10.9. The van der Waals surface area contributed by atoms with Gasteiger partial charge in [-0.05, 0) is 46.9 Å². The smallest absolute Gasteiger partial charge is 0.178 e. The summed E-state index contributed by atoms with van der Waals surface area (Å²) in [5.74, 6) is -0.646. The van der Waals surface area contributed by atoms with E-state index in [1.165, 1.54) is 13.3 Å². The van der Waals surface area contributed by atoms with Crippen LogP contribution in [0.4, 0.5) is 0 Å². The number of aliphatic hydroxyl groups is 1. The van der Waals surface area contributed by atoms with Crippen LogP contribution in [0, 0.1) is 0 Å². The van der Waals surface area contributed by atoms with Crippen LogP contribution in [0.25, 0.3) is 0 Å². The molecule has 0 aliphatic heterocycles. The number of rotatable bonds is 3. The lowest BCUT2D eigenvalue weighted by molar-refractivity contribution is 0.269. The van der Waals surface area contributed by atoms with Gasteiger partial charge in [0.15, 0.2) is 6.03 Å². The summed E-state index contributed by atoms with van der Waals surface area (Å²) in [4.78, 5) is 9.56. The van der Waals surface area contributed by atoms with Gasteiger partial charge in [-0.15, -0.1) is 0 Å². The first-order valence-corrected chi connectivity index (χ1v) is 14.2. The van der Waals surface area contributed by atoms with Gasteiger partial charge in [-0.2, -0.15) is 0 Å². The first kappa shape index (κ1) is 25.3. The standard InChI is InChI=1S/C5H13OP.C4H11O2P.C3H7O2P/c1-5(2)7(3,4)6;1-4(5)7(2,3)6;1-6(2,5)3-4/h5H,1-4H3;4-5H,1-3H3;3H,1-2H3. The van der Waals surface area contributed by atoms with Crippen molar-refractivity contribution >= 4 is 27.5 Å².